The Balaban J connectivity index is 2.53. The number of rotatable bonds is 6. The van der Waals surface area contributed by atoms with E-state index in [-0.39, 0.29) is 5.91 Å². The molecule has 5 nitrogen and oxygen atoms in total. The number of nitrogen functional groups attached to an aromatic ring is 1. The Morgan fingerprint density at radius 1 is 1.65 bits per heavy atom. The minimum atomic E-state index is -0.321. The molecule has 1 rings (SSSR count). The monoisotopic (exact) mass is 257 g/mol. The van der Waals surface area contributed by atoms with Crippen LogP contribution in [0.2, 0.25) is 0 Å². The number of carbonyl (C=O) groups is 1. The van der Waals surface area contributed by atoms with Gasteiger partial charge in [0.05, 0.1) is 11.3 Å². The lowest BCUT2D eigenvalue weighted by atomic mass is 10.2. The first-order chi connectivity index (χ1) is 8.08. The predicted octanol–water partition coefficient (Wildman–Crippen LogP) is 1.02. The summed E-state index contributed by atoms with van der Waals surface area (Å²) in [4.78, 5) is 11.4. The molecule has 1 heterocycles. The third-order valence-electron chi connectivity index (χ3n) is 2.39. The highest BCUT2D eigenvalue weighted by atomic mass is 32.2. The van der Waals surface area contributed by atoms with Crippen molar-refractivity contribution in [2.24, 2.45) is 17.5 Å². The van der Waals surface area contributed by atoms with E-state index in [0.29, 0.717) is 23.8 Å². The van der Waals surface area contributed by atoms with Gasteiger partial charge >= 0.3 is 0 Å². The van der Waals surface area contributed by atoms with Gasteiger partial charge in [0.15, 0.2) is 0 Å². The molecule has 0 aliphatic heterocycles. The van der Waals surface area contributed by atoms with Gasteiger partial charge in [0, 0.05) is 0 Å². The molecule has 0 aliphatic carbocycles. The van der Waals surface area contributed by atoms with Crippen molar-refractivity contribution in [1.82, 2.24) is 5.43 Å². The standard InChI is InChI=1S/C11H19N3O2S/c1-7(4-12)5-17-6-9-3-10(8(2)16-9)11(15)14-13/h3,7H,4-6,12-13H2,1-2H3,(H,14,15). The normalized spacial score (nSPS) is 12.5. The molecule has 0 bridgehead atoms. The van der Waals surface area contributed by atoms with Crippen molar-refractivity contribution in [3.63, 3.8) is 0 Å². The summed E-state index contributed by atoms with van der Waals surface area (Å²) in [6.45, 7) is 4.54. The number of thioether (sulfide) groups is 1. The number of hydrogen-bond donors (Lipinski definition) is 3. The van der Waals surface area contributed by atoms with Gasteiger partial charge in [-0.3, -0.25) is 10.2 Å². The second-order valence-corrected chi connectivity index (χ2v) is 5.04. The lowest BCUT2D eigenvalue weighted by Gasteiger charge is -2.05. The fourth-order valence-corrected chi connectivity index (χ4v) is 2.35. The topological polar surface area (TPSA) is 94.3 Å². The molecule has 6 heteroatoms. The van der Waals surface area contributed by atoms with Crippen LogP contribution in [0, 0.1) is 12.8 Å². The van der Waals surface area contributed by atoms with Crippen LogP contribution in [-0.4, -0.2) is 18.2 Å². The van der Waals surface area contributed by atoms with Gasteiger partial charge in [0.1, 0.15) is 11.5 Å². The summed E-state index contributed by atoms with van der Waals surface area (Å²) >= 11 is 1.74. The molecule has 1 aromatic heterocycles. The first kappa shape index (κ1) is 14.1. The summed E-state index contributed by atoms with van der Waals surface area (Å²) in [7, 11) is 0. The van der Waals surface area contributed by atoms with Crippen molar-refractivity contribution >= 4 is 17.7 Å². The van der Waals surface area contributed by atoms with E-state index >= 15 is 0 Å². The molecule has 0 radical (unpaired) electrons. The summed E-state index contributed by atoms with van der Waals surface area (Å²) in [5.41, 5.74) is 8.13. The molecule has 1 unspecified atom stereocenters. The smallest absolute Gasteiger partial charge is 0.268 e. The quantitative estimate of drug-likeness (QED) is 0.402. The molecule has 0 aromatic carbocycles. The van der Waals surface area contributed by atoms with Gasteiger partial charge in [0.2, 0.25) is 0 Å². The Hall–Kier alpha value is -0.980. The summed E-state index contributed by atoms with van der Waals surface area (Å²) in [6, 6.07) is 1.73. The zero-order chi connectivity index (χ0) is 12.8. The van der Waals surface area contributed by atoms with Crippen LogP contribution in [-0.2, 0) is 5.75 Å². The van der Waals surface area contributed by atoms with Crippen molar-refractivity contribution in [2.45, 2.75) is 19.6 Å². The van der Waals surface area contributed by atoms with Gasteiger partial charge in [-0.05, 0) is 31.2 Å². The van der Waals surface area contributed by atoms with Crippen LogP contribution < -0.4 is 17.0 Å². The highest BCUT2D eigenvalue weighted by molar-refractivity contribution is 7.98. The Morgan fingerprint density at radius 2 is 2.35 bits per heavy atom. The minimum absolute atomic E-state index is 0.321. The van der Waals surface area contributed by atoms with E-state index in [2.05, 4.69) is 12.3 Å². The minimum Gasteiger partial charge on any atom is -0.465 e. The maximum atomic E-state index is 11.4. The van der Waals surface area contributed by atoms with E-state index < -0.39 is 0 Å². The Kier molecular flexibility index (Phi) is 5.54. The molecule has 0 saturated heterocycles. The van der Waals surface area contributed by atoms with Gasteiger partial charge < -0.3 is 10.2 Å². The highest BCUT2D eigenvalue weighted by Crippen LogP contribution is 2.20. The molecule has 96 valence electrons. The third kappa shape index (κ3) is 4.07. The molecule has 0 fully saturated rings. The fourth-order valence-electron chi connectivity index (χ4n) is 1.35. The van der Waals surface area contributed by atoms with Crippen molar-refractivity contribution in [2.75, 3.05) is 12.3 Å². The Morgan fingerprint density at radius 3 is 2.94 bits per heavy atom. The molecule has 0 spiro atoms. The van der Waals surface area contributed by atoms with Gasteiger partial charge in [-0.2, -0.15) is 11.8 Å². The number of aryl methyl sites for hydroxylation is 1. The van der Waals surface area contributed by atoms with Crippen molar-refractivity contribution in [3.05, 3.63) is 23.2 Å². The predicted molar refractivity (Wildman–Crippen MR) is 69.5 cm³/mol. The summed E-state index contributed by atoms with van der Waals surface area (Å²) in [5, 5.41) is 0. The van der Waals surface area contributed by atoms with Gasteiger partial charge in [-0.15, -0.1) is 0 Å². The number of furan rings is 1. The largest absolute Gasteiger partial charge is 0.465 e. The second kappa shape index (κ2) is 6.68. The number of hydrazine groups is 1. The van der Waals surface area contributed by atoms with E-state index in [1.807, 2.05) is 0 Å². The van der Waals surface area contributed by atoms with Crippen molar-refractivity contribution < 1.29 is 9.21 Å². The fraction of sp³-hybridized carbons (Fsp3) is 0.545. The average molecular weight is 257 g/mol. The molecular formula is C11H19N3O2S. The first-order valence-corrected chi connectivity index (χ1v) is 6.62. The number of hydrogen-bond acceptors (Lipinski definition) is 5. The molecule has 5 N–H and O–H groups in total. The maximum Gasteiger partial charge on any atom is 0.268 e. The van der Waals surface area contributed by atoms with Crippen molar-refractivity contribution in [1.29, 1.82) is 0 Å². The number of nitrogens with two attached hydrogens (primary N) is 2. The molecule has 17 heavy (non-hydrogen) atoms. The van der Waals surface area contributed by atoms with Crippen LogP contribution in [0.3, 0.4) is 0 Å². The van der Waals surface area contributed by atoms with Crippen molar-refractivity contribution in [3.8, 4) is 0 Å². The van der Waals surface area contributed by atoms with E-state index in [1.165, 1.54) is 0 Å². The molecule has 1 atom stereocenters. The Labute approximate surface area is 105 Å². The summed E-state index contributed by atoms with van der Waals surface area (Å²) in [6.07, 6.45) is 0. The summed E-state index contributed by atoms with van der Waals surface area (Å²) in [5.74, 6) is 8.35. The van der Waals surface area contributed by atoms with Crippen LogP contribution in [0.5, 0.6) is 0 Å². The van der Waals surface area contributed by atoms with Crippen LogP contribution in [0.4, 0.5) is 0 Å². The van der Waals surface area contributed by atoms with Crippen LogP contribution in [0.1, 0.15) is 28.8 Å². The number of nitrogens with one attached hydrogen (secondary N) is 1. The molecule has 1 amide bonds. The van der Waals surface area contributed by atoms with E-state index in [9.17, 15) is 4.79 Å². The molecule has 1 aromatic rings. The lowest BCUT2D eigenvalue weighted by Crippen LogP contribution is -2.30. The van der Waals surface area contributed by atoms with E-state index in [0.717, 1.165) is 17.3 Å². The SMILES string of the molecule is Cc1oc(CSCC(C)CN)cc1C(=O)NN. The Bertz CT molecular complexity index is 379. The zero-order valence-electron chi connectivity index (χ0n) is 10.2. The van der Waals surface area contributed by atoms with Gasteiger partial charge in [-0.25, -0.2) is 5.84 Å². The third-order valence-corrected chi connectivity index (χ3v) is 3.69. The van der Waals surface area contributed by atoms with Gasteiger partial charge in [0.25, 0.3) is 5.91 Å². The lowest BCUT2D eigenvalue weighted by molar-refractivity contribution is 0.0952. The number of amides is 1. The first-order valence-electron chi connectivity index (χ1n) is 5.46. The van der Waals surface area contributed by atoms with Crippen LogP contribution >= 0.6 is 11.8 Å². The number of carbonyl (C=O) groups excluding carboxylic acids is 1. The van der Waals surface area contributed by atoms with Crippen LogP contribution in [0.25, 0.3) is 0 Å². The van der Waals surface area contributed by atoms with Crippen LogP contribution in [0.15, 0.2) is 10.5 Å². The highest BCUT2D eigenvalue weighted by Gasteiger charge is 2.13. The van der Waals surface area contributed by atoms with Gasteiger partial charge in [-0.1, -0.05) is 6.92 Å². The molecule has 0 aliphatic rings. The average Bonchev–Trinajstić information content (AvgIpc) is 2.69. The van der Waals surface area contributed by atoms with E-state index in [1.54, 1.807) is 24.8 Å². The molecular weight excluding hydrogens is 238 g/mol. The maximum absolute atomic E-state index is 11.4. The molecule has 0 saturated carbocycles. The zero-order valence-corrected chi connectivity index (χ0v) is 11.0. The summed E-state index contributed by atoms with van der Waals surface area (Å²) < 4.78 is 5.48. The second-order valence-electron chi connectivity index (χ2n) is 4.01. The van der Waals surface area contributed by atoms with E-state index in [4.69, 9.17) is 16.0 Å².